The lowest BCUT2D eigenvalue weighted by Crippen LogP contribution is -2.40. The number of rotatable bonds is 5. The van der Waals surface area contributed by atoms with Crippen LogP contribution in [0.5, 0.6) is 0 Å². The molecule has 0 aliphatic heterocycles. The van der Waals surface area contributed by atoms with Gasteiger partial charge in [-0.3, -0.25) is 0 Å². The van der Waals surface area contributed by atoms with Gasteiger partial charge >= 0.3 is 0 Å². The van der Waals surface area contributed by atoms with Crippen LogP contribution in [0.15, 0.2) is 115 Å². The Balaban J connectivity index is 2.18. The maximum atomic E-state index is 14.1. The van der Waals surface area contributed by atoms with E-state index in [1.165, 1.54) is 0 Å². The molecule has 0 saturated carbocycles. The van der Waals surface area contributed by atoms with Crippen molar-refractivity contribution in [2.45, 2.75) is 6.43 Å². The number of hydrogen-bond donors (Lipinski definition) is 0. The van der Waals surface area contributed by atoms with E-state index in [4.69, 9.17) is 0 Å². The second kappa shape index (κ2) is 8.04. The number of halogens is 2. The second-order valence-electron chi connectivity index (χ2n) is 6.54. The fraction of sp³-hybridized carbons (Fsp3) is 0.0400. The minimum absolute atomic E-state index is 0.104. The van der Waals surface area contributed by atoms with E-state index in [2.05, 4.69) is 36.4 Å². The van der Waals surface area contributed by atoms with Gasteiger partial charge in [0.25, 0.3) is 6.43 Å². The average Bonchev–Trinajstić information content (AvgIpc) is 2.77. The van der Waals surface area contributed by atoms with Crippen molar-refractivity contribution < 1.29 is 8.78 Å². The van der Waals surface area contributed by atoms with Crippen molar-refractivity contribution in [1.82, 2.24) is 0 Å². The molecule has 0 atom stereocenters. The maximum absolute atomic E-state index is 14.1. The molecule has 0 amide bonds. The van der Waals surface area contributed by atoms with E-state index in [1.54, 1.807) is 12.1 Å². The zero-order valence-electron chi connectivity index (χ0n) is 15.3. The first-order chi connectivity index (χ1) is 13.7. The van der Waals surface area contributed by atoms with Crippen LogP contribution in [0.25, 0.3) is 0 Å². The van der Waals surface area contributed by atoms with Crippen LogP contribution in [0.2, 0.25) is 0 Å². The van der Waals surface area contributed by atoms with E-state index in [0.717, 1.165) is 15.9 Å². The molecule has 0 spiro atoms. The van der Waals surface area contributed by atoms with E-state index in [1.807, 2.05) is 66.7 Å². The first-order valence-electron chi connectivity index (χ1n) is 9.18. The fourth-order valence-corrected chi connectivity index (χ4v) is 8.25. The average molecular weight is 389 g/mol. The molecule has 0 bridgehead atoms. The first-order valence-corrected chi connectivity index (χ1v) is 11.0. The van der Waals surface area contributed by atoms with Crippen molar-refractivity contribution in [3.63, 3.8) is 0 Å². The van der Waals surface area contributed by atoms with Gasteiger partial charge in [-0.15, -0.1) is 0 Å². The summed E-state index contributed by atoms with van der Waals surface area (Å²) in [7, 11) is -2.48. The van der Waals surface area contributed by atoms with Gasteiger partial charge in [0.1, 0.15) is 28.5 Å². The van der Waals surface area contributed by atoms with Crippen LogP contribution in [0.3, 0.4) is 0 Å². The molecule has 3 heteroatoms. The molecule has 0 N–H and O–H groups in total. The zero-order valence-corrected chi connectivity index (χ0v) is 16.1. The molecule has 4 aromatic carbocycles. The van der Waals surface area contributed by atoms with Crippen LogP contribution in [-0.4, -0.2) is 0 Å². The fourth-order valence-electron chi connectivity index (χ4n) is 3.80. The summed E-state index contributed by atoms with van der Waals surface area (Å²) >= 11 is 0. The van der Waals surface area contributed by atoms with Gasteiger partial charge in [-0.05, 0) is 48.5 Å². The lowest BCUT2D eigenvalue weighted by atomic mass is 10.2. The van der Waals surface area contributed by atoms with E-state index in [0.29, 0.717) is 5.30 Å². The molecule has 0 radical (unpaired) electrons. The van der Waals surface area contributed by atoms with Crippen LogP contribution in [0.1, 0.15) is 12.0 Å². The Morgan fingerprint density at radius 3 is 1.21 bits per heavy atom. The first kappa shape index (κ1) is 18.5. The SMILES string of the molecule is FC(F)c1ccccc1[P+](c1ccccc1)(c1ccccc1)c1ccccc1. The van der Waals surface area contributed by atoms with Crippen LogP contribution in [0, 0.1) is 0 Å². The minimum atomic E-state index is -2.54. The summed E-state index contributed by atoms with van der Waals surface area (Å²) in [6.45, 7) is 0. The molecule has 0 aliphatic carbocycles. The third-order valence-electron chi connectivity index (χ3n) is 4.96. The van der Waals surface area contributed by atoms with E-state index in [-0.39, 0.29) is 5.56 Å². The summed E-state index contributed by atoms with van der Waals surface area (Å²) in [5.74, 6) is 0. The van der Waals surface area contributed by atoms with Gasteiger partial charge in [0, 0.05) is 0 Å². The predicted molar refractivity (Wildman–Crippen MR) is 116 cm³/mol. The van der Waals surface area contributed by atoms with Crippen LogP contribution in [-0.2, 0) is 0 Å². The standard InChI is InChI=1S/C25H20F2P/c26-25(27)23-18-10-11-19-24(23)28(20-12-4-1-5-13-20,21-14-6-2-7-15-21)22-16-8-3-9-17-22/h1-19,25H/q+1. The largest absolute Gasteiger partial charge is 0.267 e. The quantitative estimate of drug-likeness (QED) is 0.409. The van der Waals surface area contributed by atoms with Gasteiger partial charge in [-0.25, -0.2) is 8.78 Å². The van der Waals surface area contributed by atoms with Gasteiger partial charge in [-0.2, -0.15) is 0 Å². The Morgan fingerprint density at radius 1 is 0.464 bits per heavy atom. The van der Waals surface area contributed by atoms with Crippen LogP contribution < -0.4 is 21.2 Å². The summed E-state index contributed by atoms with van der Waals surface area (Å²) < 4.78 is 28.2. The van der Waals surface area contributed by atoms with Crippen molar-refractivity contribution in [3.8, 4) is 0 Å². The topological polar surface area (TPSA) is 0 Å². The highest BCUT2D eigenvalue weighted by molar-refractivity contribution is 8.01. The minimum Gasteiger partial charge on any atom is -0.205 e. The number of alkyl halides is 2. The number of hydrogen-bond acceptors (Lipinski definition) is 0. The molecular formula is C25H20F2P+. The number of benzene rings is 4. The molecule has 0 heterocycles. The highest BCUT2D eigenvalue weighted by Crippen LogP contribution is 2.55. The normalized spacial score (nSPS) is 11.5. The molecule has 4 rings (SSSR count). The van der Waals surface area contributed by atoms with Gasteiger partial charge in [-0.1, -0.05) is 66.7 Å². The summed E-state index contributed by atoms with van der Waals surface area (Å²) in [5.41, 5.74) is 0.104. The monoisotopic (exact) mass is 389 g/mol. The van der Waals surface area contributed by atoms with Crippen LogP contribution in [0.4, 0.5) is 8.78 Å². The Hall–Kier alpha value is -2.83. The molecule has 4 aromatic rings. The highest BCUT2D eigenvalue weighted by atomic mass is 31.2. The predicted octanol–water partition coefficient (Wildman–Crippen LogP) is 5.24. The summed E-state index contributed by atoms with van der Waals surface area (Å²) in [6, 6.07) is 37.2. The lowest BCUT2D eigenvalue weighted by Gasteiger charge is -2.29. The third-order valence-corrected chi connectivity index (χ3v) is 9.31. The van der Waals surface area contributed by atoms with Crippen molar-refractivity contribution in [3.05, 3.63) is 121 Å². The molecule has 28 heavy (non-hydrogen) atoms. The molecule has 0 aliphatic rings. The zero-order chi connectivity index (χ0) is 19.4. The second-order valence-corrected chi connectivity index (χ2v) is 9.91. The third kappa shape index (κ3) is 3.15. The van der Waals surface area contributed by atoms with Gasteiger partial charge < -0.3 is 0 Å². The van der Waals surface area contributed by atoms with Crippen LogP contribution >= 0.6 is 7.26 Å². The van der Waals surface area contributed by atoms with E-state index >= 15 is 0 Å². The smallest absolute Gasteiger partial charge is 0.205 e. The Labute approximate surface area is 164 Å². The van der Waals surface area contributed by atoms with Crippen molar-refractivity contribution in [2.75, 3.05) is 0 Å². The molecule has 0 saturated heterocycles. The summed E-state index contributed by atoms with van der Waals surface area (Å²) in [4.78, 5) is 0. The summed E-state index contributed by atoms with van der Waals surface area (Å²) in [5, 5.41) is 3.93. The molecule has 0 unspecified atom stereocenters. The molecular weight excluding hydrogens is 369 g/mol. The molecule has 0 nitrogen and oxygen atoms in total. The van der Waals surface area contributed by atoms with Crippen molar-refractivity contribution >= 4 is 28.5 Å². The lowest BCUT2D eigenvalue weighted by molar-refractivity contribution is 0.152. The van der Waals surface area contributed by atoms with Gasteiger partial charge in [0.2, 0.25) is 0 Å². The van der Waals surface area contributed by atoms with E-state index < -0.39 is 13.7 Å². The highest BCUT2D eigenvalue weighted by Gasteiger charge is 2.49. The van der Waals surface area contributed by atoms with Gasteiger partial charge in [0.05, 0.1) is 5.56 Å². The van der Waals surface area contributed by atoms with Gasteiger partial charge in [0.15, 0.2) is 0 Å². The molecule has 138 valence electrons. The maximum Gasteiger partial charge on any atom is 0.267 e. The molecule has 0 fully saturated rings. The Bertz CT molecular complexity index is 935. The van der Waals surface area contributed by atoms with E-state index in [9.17, 15) is 8.78 Å². The molecule has 0 aromatic heterocycles. The summed E-state index contributed by atoms with van der Waals surface area (Å²) in [6.07, 6.45) is -2.54. The van der Waals surface area contributed by atoms with Crippen molar-refractivity contribution in [1.29, 1.82) is 0 Å². The van der Waals surface area contributed by atoms with Crippen molar-refractivity contribution in [2.24, 2.45) is 0 Å². The Kier molecular flexibility index (Phi) is 5.32. The Morgan fingerprint density at radius 2 is 0.821 bits per heavy atom.